The first-order chi connectivity index (χ1) is 16.9. The zero-order valence-corrected chi connectivity index (χ0v) is 20.5. The van der Waals surface area contributed by atoms with E-state index in [0.29, 0.717) is 6.61 Å². The largest absolute Gasteiger partial charge is 0.497 e. The normalized spacial score (nSPS) is 10.7. The first kappa shape index (κ1) is 24.0. The first-order valence-electron chi connectivity index (χ1n) is 11.5. The maximum atomic E-state index is 11.7. The van der Waals surface area contributed by atoms with Crippen LogP contribution in [0.3, 0.4) is 0 Å². The molecule has 5 heteroatoms. The number of pyridine rings is 1. The number of benzene rings is 3. The van der Waals surface area contributed by atoms with Crippen LogP contribution in [-0.4, -0.2) is 23.2 Å². The highest BCUT2D eigenvalue weighted by molar-refractivity contribution is 5.89. The standard InChI is InChI=1S/C30H29NO4/c1-19-5-9-24(10-6-19)30-27(17-28(32)33)20(2)31-21(3)29(30)23-11-15-26(16-12-23)35-18-22-7-13-25(34-4)14-8-22/h5-16H,17-18H2,1-4H3,(H,32,33). The van der Waals surface area contributed by atoms with Crippen LogP contribution in [-0.2, 0) is 17.8 Å². The molecule has 0 aliphatic carbocycles. The maximum Gasteiger partial charge on any atom is 0.307 e. The number of nitrogens with zero attached hydrogens (tertiary/aromatic N) is 1. The molecule has 0 spiro atoms. The van der Waals surface area contributed by atoms with Crippen LogP contribution < -0.4 is 9.47 Å². The molecule has 0 saturated carbocycles. The van der Waals surface area contributed by atoms with Crippen molar-refractivity contribution in [3.63, 3.8) is 0 Å². The van der Waals surface area contributed by atoms with Crippen LogP contribution in [0.4, 0.5) is 0 Å². The van der Waals surface area contributed by atoms with Gasteiger partial charge in [-0.05, 0) is 72.9 Å². The number of hydrogen-bond acceptors (Lipinski definition) is 4. The highest BCUT2D eigenvalue weighted by atomic mass is 16.5. The fraction of sp³-hybridized carbons (Fsp3) is 0.200. The first-order valence-corrected chi connectivity index (χ1v) is 11.5. The maximum absolute atomic E-state index is 11.7. The van der Waals surface area contributed by atoms with E-state index in [9.17, 15) is 9.90 Å². The van der Waals surface area contributed by atoms with Gasteiger partial charge in [0.1, 0.15) is 18.1 Å². The van der Waals surface area contributed by atoms with Gasteiger partial charge in [0.05, 0.1) is 13.5 Å². The minimum atomic E-state index is -0.875. The number of carbonyl (C=O) groups is 1. The van der Waals surface area contributed by atoms with E-state index in [0.717, 1.165) is 61.8 Å². The Bertz CT molecular complexity index is 1330. The van der Waals surface area contributed by atoms with Gasteiger partial charge in [0.2, 0.25) is 0 Å². The second-order valence-electron chi connectivity index (χ2n) is 8.61. The zero-order valence-electron chi connectivity index (χ0n) is 20.5. The highest BCUT2D eigenvalue weighted by Crippen LogP contribution is 2.39. The monoisotopic (exact) mass is 467 g/mol. The number of carboxylic acid groups (broad SMARTS) is 1. The van der Waals surface area contributed by atoms with Gasteiger partial charge in [-0.1, -0.05) is 54.1 Å². The average molecular weight is 468 g/mol. The molecule has 0 amide bonds. The van der Waals surface area contributed by atoms with Crippen molar-refractivity contribution in [1.82, 2.24) is 4.98 Å². The molecule has 5 nitrogen and oxygen atoms in total. The zero-order chi connectivity index (χ0) is 24.9. The summed E-state index contributed by atoms with van der Waals surface area (Å²) in [7, 11) is 1.65. The number of carboxylic acids is 1. The fourth-order valence-corrected chi connectivity index (χ4v) is 4.25. The lowest BCUT2D eigenvalue weighted by atomic mass is 9.87. The molecule has 1 N–H and O–H groups in total. The number of aryl methyl sites for hydroxylation is 3. The van der Waals surface area contributed by atoms with E-state index in [1.807, 2.05) is 93.6 Å². The second-order valence-corrected chi connectivity index (χ2v) is 8.61. The summed E-state index contributed by atoms with van der Waals surface area (Å²) >= 11 is 0. The van der Waals surface area contributed by atoms with Crippen molar-refractivity contribution in [2.45, 2.75) is 33.8 Å². The molecule has 1 heterocycles. The lowest BCUT2D eigenvalue weighted by Gasteiger charge is -2.19. The molecule has 0 unspecified atom stereocenters. The number of hydrogen-bond donors (Lipinski definition) is 1. The van der Waals surface area contributed by atoms with E-state index in [1.165, 1.54) is 0 Å². The number of aliphatic carboxylic acids is 1. The van der Waals surface area contributed by atoms with Crippen LogP contribution in [0.15, 0.2) is 72.8 Å². The van der Waals surface area contributed by atoms with Crippen molar-refractivity contribution >= 4 is 5.97 Å². The molecule has 35 heavy (non-hydrogen) atoms. The van der Waals surface area contributed by atoms with Crippen LogP contribution in [0.2, 0.25) is 0 Å². The van der Waals surface area contributed by atoms with Gasteiger partial charge in [0.15, 0.2) is 0 Å². The summed E-state index contributed by atoms with van der Waals surface area (Å²) in [6.45, 7) is 6.34. The van der Waals surface area contributed by atoms with Crippen molar-refractivity contribution < 1.29 is 19.4 Å². The van der Waals surface area contributed by atoms with Crippen molar-refractivity contribution in [3.05, 3.63) is 101 Å². The molecule has 178 valence electrons. The molecule has 3 aromatic carbocycles. The topological polar surface area (TPSA) is 68.7 Å². The number of aromatic nitrogens is 1. The van der Waals surface area contributed by atoms with Gasteiger partial charge < -0.3 is 14.6 Å². The highest BCUT2D eigenvalue weighted by Gasteiger charge is 2.20. The van der Waals surface area contributed by atoms with E-state index < -0.39 is 5.97 Å². The molecule has 0 aliphatic heterocycles. The molecule has 0 atom stereocenters. The molecule has 0 saturated heterocycles. The van der Waals surface area contributed by atoms with Crippen molar-refractivity contribution in [2.75, 3.05) is 7.11 Å². The van der Waals surface area contributed by atoms with Crippen molar-refractivity contribution in [1.29, 1.82) is 0 Å². The summed E-state index contributed by atoms with van der Waals surface area (Å²) < 4.78 is 11.2. The Hall–Kier alpha value is -4.12. The Morgan fingerprint density at radius 3 is 1.94 bits per heavy atom. The molecule has 4 aromatic rings. The van der Waals surface area contributed by atoms with Gasteiger partial charge >= 0.3 is 5.97 Å². The Labute approximate surface area is 206 Å². The van der Waals surface area contributed by atoms with Gasteiger partial charge in [0.25, 0.3) is 0 Å². The van der Waals surface area contributed by atoms with Gasteiger partial charge in [-0.2, -0.15) is 0 Å². The third-order valence-corrected chi connectivity index (χ3v) is 6.06. The van der Waals surface area contributed by atoms with Crippen LogP contribution in [0.5, 0.6) is 11.5 Å². The Morgan fingerprint density at radius 2 is 1.34 bits per heavy atom. The summed E-state index contributed by atoms with van der Waals surface area (Å²) in [6, 6.07) is 23.9. The van der Waals surface area contributed by atoms with Crippen molar-refractivity contribution in [3.8, 4) is 33.8 Å². The van der Waals surface area contributed by atoms with Gasteiger partial charge in [-0.3, -0.25) is 9.78 Å². The van der Waals surface area contributed by atoms with E-state index in [2.05, 4.69) is 0 Å². The van der Waals surface area contributed by atoms with Gasteiger partial charge in [0, 0.05) is 17.0 Å². The van der Waals surface area contributed by atoms with Gasteiger partial charge in [-0.25, -0.2) is 0 Å². The van der Waals surface area contributed by atoms with Crippen LogP contribution in [0.25, 0.3) is 22.3 Å². The van der Waals surface area contributed by atoms with Crippen LogP contribution in [0, 0.1) is 20.8 Å². The molecule has 0 fully saturated rings. The SMILES string of the molecule is COc1ccc(COc2ccc(-c3c(C)nc(C)c(CC(=O)O)c3-c3ccc(C)cc3)cc2)cc1. The molecular formula is C30H29NO4. The quantitative estimate of drug-likeness (QED) is 0.318. The third-order valence-electron chi connectivity index (χ3n) is 6.06. The van der Waals surface area contributed by atoms with E-state index >= 15 is 0 Å². The van der Waals surface area contributed by atoms with E-state index in [-0.39, 0.29) is 6.42 Å². The third kappa shape index (κ3) is 5.52. The molecule has 0 aliphatic rings. The lowest BCUT2D eigenvalue weighted by Crippen LogP contribution is -2.08. The Kier molecular flexibility index (Phi) is 7.16. The van der Waals surface area contributed by atoms with E-state index in [1.54, 1.807) is 7.11 Å². The summed E-state index contributed by atoms with van der Waals surface area (Å²) in [5.74, 6) is 0.692. The Balaban J connectivity index is 1.70. The summed E-state index contributed by atoms with van der Waals surface area (Å²) in [6.07, 6.45) is -0.0849. The molecule has 0 radical (unpaired) electrons. The molecule has 0 bridgehead atoms. The number of methoxy groups -OCH3 is 1. The fourth-order valence-electron chi connectivity index (χ4n) is 4.25. The predicted molar refractivity (Wildman–Crippen MR) is 138 cm³/mol. The number of ether oxygens (including phenoxy) is 2. The second kappa shape index (κ2) is 10.4. The molecular weight excluding hydrogens is 438 g/mol. The molecule has 1 aromatic heterocycles. The minimum Gasteiger partial charge on any atom is -0.497 e. The van der Waals surface area contributed by atoms with E-state index in [4.69, 9.17) is 14.5 Å². The predicted octanol–water partition coefficient (Wildman–Crippen LogP) is 6.56. The smallest absolute Gasteiger partial charge is 0.307 e. The van der Waals surface area contributed by atoms with Crippen molar-refractivity contribution in [2.24, 2.45) is 0 Å². The molecule has 4 rings (SSSR count). The summed E-state index contributed by atoms with van der Waals surface area (Å²) in [5.41, 5.74) is 8.35. The Morgan fingerprint density at radius 1 is 0.771 bits per heavy atom. The number of rotatable bonds is 8. The summed E-state index contributed by atoms with van der Waals surface area (Å²) in [4.78, 5) is 16.4. The average Bonchev–Trinajstić information content (AvgIpc) is 2.85. The van der Waals surface area contributed by atoms with Gasteiger partial charge in [-0.15, -0.1) is 0 Å². The van der Waals surface area contributed by atoms with Crippen LogP contribution >= 0.6 is 0 Å². The van der Waals surface area contributed by atoms with Crippen LogP contribution in [0.1, 0.15) is 28.1 Å². The minimum absolute atomic E-state index is 0.0849. The summed E-state index contributed by atoms with van der Waals surface area (Å²) in [5, 5.41) is 9.60. The lowest BCUT2D eigenvalue weighted by molar-refractivity contribution is -0.136.